The predicted octanol–water partition coefficient (Wildman–Crippen LogP) is 3.50. The molecule has 0 saturated heterocycles. The van der Waals surface area contributed by atoms with E-state index in [0.29, 0.717) is 16.1 Å². The van der Waals surface area contributed by atoms with Crippen LogP contribution in [0.15, 0.2) is 41.8 Å². The number of aromatic nitrogens is 4. The van der Waals surface area contributed by atoms with Crippen LogP contribution in [-0.4, -0.2) is 30.9 Å². The van der Waals surface area contributed by atoms with Crippen molar-refractivity contribution in [1.82, 2.24) is 19.7 Å². The minimum absolute atomic E-state index is 0.0893. The Labute approximate surface area is 150 Å². The average molecular weight is 381 g/mol. The molecule has 6 nitrogen and oxygen atoms in total. The summed E-state index contributed by atoms with van der Waals surface area (Å²) in [7, 11) is 1.74. The summed E-state index contributed by atoms with van der Waals surface area (Å²) in [5, 5.41) is 7.31. The van der Waals surface area contributed by atoms with Crippen LogP contribution in [0.2, 0.25) is 0 Å². The number of carbonyl (C=O) groups excluding carboxylic acids is 1. The zero-order valence-corrected chi connectivity index (χ0v) is 14.6. The highest BCUT2D eigenvalue weighted by atomic mass is 32.2. The van der Waals surface area contributed by atoms with Gasteiger partial charge in [0.1, 0.15) is 11.4 Å². The number of carbonyl (C=O) groups is 1. The number of hydrogen-bond acceptors (Lipinski definition) is 5. The lowest BCUT2D eigenvalue weighted by Gasteiger charge is -2.13. The smallest absolute Gasteiger partial charge is 0.325 e. The molecule has 1 unspecified atom stereocenters. The Hall–Kier alpha value is -2.62. The van der Waals surface area contributed by atoms with E-state index in [1.54, 1.807) is 24.9 Å². The van der Waals surface area contributed by atoms with Crippen LogP contribution in [0.5, 0.6) is 0 Å². The molecule has 10 heteroatoms. The summed E-state index contributed by atoms with van der Waals surface area (Å²) in [4.78, 5) is 20.6. The molecule has 136 valence electrons. The van der Waals surface area contributed by atoms with E-state index in [1.807, 2.05) is 0 Å². The molecular weight excluding hydrogens is 367 g/mol. The molecular formula is C16H14F3N5OS. The number of nitrogens with one attached hydrogen (secondary N) is 1. The number of nitrogens with zero attached hydrogens (tertiary/aromatic N) is 4. The minimum Gasteiger partial charge on any atom is -0.325 e. The summed E-state index contributed by atoms with van der Waals surface area (Å²) in [5.41, 5.74) is -0.0945. The molecule has 1 amide bonds. The number of fused-ring (bicyclic) bond motifs is 1. The van der Waals surface area contributed by atoms with Crippen LogP contribution >= 0.6 is 11.8 Å². The van der Waals surface area contributed by atoms with Crippen molar-refractivity contribution in [2.75, 3.05) is 5.32 Å². The summed E-state index contributed by atoms with van der Waals surface area (Å²) >= 11 is 1.18. The van der Waals surface area contributed by atoms with Crippen molar-refractivity contribution < 1.29 is 18.0 Å². The highest BCUT2D eigenvalue weighted by Crippen LogP contribution is 2.31. The van der Waals surface area contributed by atoms with Crippen LogP contribution in [0, 0.1) is 0 Å². The number of thioether (sulfide) groups is 1. The van der Waals surface area contributed by atoms with E-state index >= 15 is 0 Å². The average Bonchev–Trinajstić information content (AvgIpc) is 2.97. The van der Waals surface area contributed by atoms with Gasteiger partial charge in [-0.1, -0.05) is 17.8 Å². The second-order valence-electron chi connectivity index (χ2n) is 5.51. The lowest BCUT2D eigenvalue weighted by atomic mass is 10.2. The van der Waals surface area contributed by atoms with Crippen LogP contribution in [0.25, 0.3) is 11.0 Å². The Kier molecular flexibility index (Phi) is 4.86. The maximum absolute atomic E-state index is 12.8. The monoisotopic (exact) mass is 381 g/mol. The molecule has 0 aliphatic heterocycles. The molecule has 3 aromatic rings. The molecule has 0 aliphatic rings. The Morgan fingerprint density at radius 3 is 2.81 bits per heavy atom. The largest absolute Gasteiger partial charge is 0.416 e. The van der Waals surface area contributed by atoms with Crippen LogP contribution < -0.4 is 5.32 Å². The first-order chi connectivity index (χ1) is 12.3. The molecule has 3 rings (SSSR count). The van der Waals surface area contributed by atoms with Gasteiger partial charge in [-0.15, -0.1) is 0 Å². The van der Waals surface area contributed by atoms with E-state index in [0.717, 1.165) is 12.1 Å². The maximum atomic E-state index is 12.8. The van der Waals surface area contributed by atoms with E-state index in [2.05, 4.69) is 20.4 Å². The molecule has 2 heterocycles. The molecule has 0 spiro atoms. The molecule has 0 radical (unpaired) electrons. The fourth-order valence-corrected chi connectivity index (χ4v) is 3.15. The van der Waals surface area contributed by atoms with Gasteiger partial charge in [0.25, 0.3) is 0 Å². The van der Waals surface area contributed by atoms with Crippen molar-refractivity contribution in [3.63, 3.8) is 0 Å². The zero-order valence-electron chi connectivity index (χ0n) is 13.8. The molecule has 0 saturated carbocycles. The molecule has 0 bridgehead atoms. The summed E-state index contributed by atoms with van der Waals surface area (Å²) in [6.45, 7) is 1.65. The standard InChI is InChI=1S/C16H14F3N5OS/c1-9(26-15-12-7-22-24(2)13(12)20-8-21-15)14(25)23-11-5-3-4-10(6-11)16(17,18)19/h3-9H,1-2H3,(H,23,25). The van der Waals surface area contributed by atoms with Gasteiger partial charge in [0.05, 0.1) is 22.4 Å². The molecule has 0 fully saturated rings. The van der Waals surface area contributed by atoms with Gasteiger partial charge in [-0.25, -0.2) is 9.97 Å². The zero-order chi connectivity index (χ0) is 18.9. The van der Waals surface area contributed by atoms with Crippen molar-refractivity contribution in [1.29, 1.82) is 0 Å². The van der Waals surface area contributed by atoms with Gasteiger partial charge in [0.2, 0.25) is 5.91 Å². The van der Waals surface area contributed by atoms with Gasteiger partial charge in [0.15, 0.2) is 5.65 Å². The third-order valence-corrected chi connectivity index (χ3v) is 4.72. The van der Waals surface area contributed by atoms with Gasteiger partial charge in [0, 0.05) is 12.7 Å². The number of amides is 1. The lowest BCUT2D eigenvalue weighted by Crippen LogP contribution is -2.22. The van der Waals surface area contributed by atoms with Crippen LogP contribution in [0.4, 0.5) is 18.9 Å². The number of aryl methyl sites for hydroxylation is 1. The Morgan fingerprint density at radius 2 is 2.08 bits per heavy atom. The fraction of sp³-hybridized carbons (Fsp3) is 0.250. The van der Waals surface area contributed by atoms with Crippen molar-refractivity contribution in [3.05, 3.63) is 42.4 Å². The number of halogens is 3. The van der Waals surface area contributed by atoms with Crippen LogP contribution in [-0.2, 0) is 18.0 Å². The second kappa shape index (κ2) is 6.94. The van der Waals surface area contributed by atoms with Crippen molar-refractivity contribution in [2.45, 2.75) is 23.4 Å². The predicted molar refractivity (Wildman–Crippen MR) is 91.7 cm³/mol. The first-order valence-electron chi connectivity index (χ1n) is 7.53. The van der Waals surface area contributed by atoms with Crippen molar-refractivity contribution in [3.8, 4) is 0 Å². The summed E-state index contributed by atoms with van der Waals surface area (Å²) < 4.78 is 39.9. The highest BCUT2D eigenvalue weighted by Gasteiger charge is 2.30. The van der Waals surface area contributed by atoms with Gasteiger partial charge >= 0.3 is 6.18 Å². The summed E-state index contributed by atoms with van der Waals surface area (Å²) in [6.07, 6.45) is -1.48. The fourth-order valence-electron chi connectivity index (χ4n) is 2.27. The van der Waals surface area contributed by atoms with Gasteiger partial charge < -0.3 is 5.32 Å². The van der Waals surface area contributed by atoms with Crippen molar-refractivity contribution in [2.24, 2.45) is 7.05 Å². The number of benzene rings is 1. The normalized spacial score (nSPS) is 13.0. The molecule has 0 aliphatic carbocycles. The molecule has 2 aromatic heterocycles. The Balaban J connectivity index is 1.74. The highest BCUT2D eigenvalue weighted by molar-refractivity contribution is 8.00. The third kappa shape index (κ3) is 3.79. The third-order valence-electron chi connectivity index (χ3n) is 3.61. The second-order valence-corrected chi connectivity index (χ2v) is 6.84. The number of anilines is 1. The van der Waals surface area contributed by atoms with E-state index < -0.39 is 22.9 Å². The van der Waals surface area contributed by atoms with E-state index in [1.165, 1.54) is 30.2 Å². The molecule has 1 aromatic carbocycles. The quantitative estimate of drug-likeness (QED) is 0.553. The maximum Gasteiger partial charge on any atom is 0.416 e. The van der Waals surface area contributed by atoms with Crippen LogP contribution in [0.3, 0.4) is 0 Å². The summed E-state index contributed by atoms with van der Waals surface area (Å²) in [6, 6.07) is 4.52. The number of rotatable bonds is 4. The molecule has 26 heavy (non-hydrogen) atoms. The topological polar surface area (TPSA) is 72.7 Å². The van der Waals surface area contributed by atoms with E-state index in [-0.39, 0.29) is 5.69 Å². The molecule has 1 atom stereocenters. The van der Waals surface area contributed by atoms with Gasteiger partial charge in [-0.3, -0.25) is 9.48 Å². The number of alkyl halides is 3. The number of hydrogen-bond donors (Lipinski definition) is 1. The minimum atomic E-state index is -4.46. The Bertz CT molecular complexity index is 956. The summed E-state index contributed by atoms with van der Waals surface area (Å²) in [5.74, 6) is -0.426. The van der Waals surface area contributed by atoms with Crippen molar-refractivity contribution >= 4 is 34.4 Å². The lowest BCUT2D eigenvalue weighted by molar-refractivity contribution is -0.137. The van der Waals surface area contributed by atoms with E-state index in [4.69, 9.17) is 0 Å². The Morgan fingerprint density at radius 1 is 1.31 bits per heavy atom. The van der Waals surface area contributed by atoms with E-state index in [9.17, 15) is 18.0 Å². The van der Waals surface area contributed by atoms with Crippen LogP contribution in [0.1, 0.15) is 12.5 Å². The molecule has 1 N–H and O–H groups in total. The first kappa shape index (κ1) is 18.2. The van der Waals surface area contributed by atoms with Gasteiger partial charge in [-0.05, 0) is 25.1 Å². The first-order valence-corrected chi connectivity index (χ1v) is 8.41. The SMILES string of the molecule is CC(Sc1ncnc2c1cnn2C)C(=O)Nc1cccc(C(F)(F)F)c1. The van der Waals surface area contributed by atoms with Gasteiger partial charge in [-0.2, -0.15) is 18.3 Å².